The first kappa shape index (κ1) is 18.1. The molecule has 1 aliphatic rings. The van der Waals surface area contributed by atoms with E-state index in [4.69, 9.17) is 9.15 Å². The van der Waals surface area contributed by atoms with E-state index < -0.39 is 5.91 Å². The van der Waals surface area contributed by atoms with E-state index in [9.17, 15) is 9.59 Å². The molecule has 0 atom stereocenters. The van der Waals surface area contributed by atoms with Crippen LogP contribution in [0.25, 0.3) is 10.9 Å². The van der Waals surface area contributed by atoms with Gasteiger partial charge < -0.3 is 9.15 Å². The highest BCUT2D eigenvalue weighted by molar-refractivity contribution is 8.15. The fraction of sp³-hybridized carbons (Fsp3) is 0.158. The average Bonchev–Trinajstić information content (AvgIpc) is 3.35. The van der Waals surface area contributed by atoms with Crippen molar-refractivity contribution in [1.29, 1.82) is 0 Å². The van der Waals surface area contributed by atoms with Crippen LogP contribution < -0.4 is 10.2 Å². The van der Waals surface area contributed by atoms with Gasteiger partial charge in [-0.3, -0.25) is 19.5 Å². The van der Waals surface area contributed by atoms with Crippen molar-refractivity contribution < 1.29 is 18.7 Å². The minimum atomic E-state index is -0.432. The number of nitrogens with zero attached hydrogens (tertiary/aromatic N) is 3. The van der Waals surface area contributed by atoms with Gasteiger partial charge in [0.1, 0.15) is 17.0 Å². The molecule has 0 bridgehead atoms. The number of amides is 2. The zero-order valence-corrected chi connectivity index (χ0v) is 15.5. The van der Waals surface area contributed by atoms with Gasteiger partial charge in [0.05, 0.1) is 18.6 Å². The Labute approximate surface area is 164 Å². The molecule has 3 heterocycles. The van der Waals surface area contributed by atoms with Crippen LogP contribution in [0.3, 0.4) is 0 Å². The molecule has 1 fully saturated rings. The second-order valence-electron chi connectivity index (χ2n) is 5.90. The smallest absolute Gasteiger partial charge is 0.278 e. The van der Waals surface area contributed by atoms with Crippen LogP contribution in [0, 0.1) is 0 Å². The maximum Gasteiger partial charge on any atom is 0.278 e. The van der Waals surface area contributed by atoms with Crippen molar-refractivity contribution in [3.05, 3.63) is 60.7 Å². The number of furan rings is 1. The summed E-state index contributed by atoms with van der Waals surface area (Å²) < 4.78 is 10.9. The predicted octanol–water partition coefficient (Wildman–Crippen LogP) is 2.37. The molecular formula is C19H16N4O4S. The molecule has 1 saturated heterocycles. The van der Waals surface area contributed by atoms with Gasteiger partial charge in [-0.25, -0.2) is 5.43 Å². The number of aromatic nitrogens is 1. The lowest BCUT2D eigenvalue weighted by atomic mass is 10.2. The third-order valence-electron chi connectivity index (χ3n) is 3.98. The summed E-state index contributed by atoms with van der Waals surface area (Å²) >= 11 is 1.26. The molecule has 4 rings (SSSR count). The Morgan fingerprint density at radius 3 is 3.04 bits per heavy atom. The van der Waals surface area contributed by atoms with Crippen molar-refractivity contribution in [2.24, 2.45) is 5.10 Å². The molecule has 1 aliphatic heterocycles. The summed E-state index contributed by atoms with van der Waals surface area (Å²) in [6.07, 6.45) is 3.21. The van der Waals surface area contributed by atoms with Gasteiger partial charge in [-0.1, -0.05) is 30.0 Å². The zero-order chi connectivity index (χ0) is 19.3. The molecule has 142 valence electrons. The third kappa shape index (κ3) is 3.99. The minimum absolute atomic E-state index is 0.0903. The molecule has 1 N–H and O–H groups in total. The second kappa shape index (κ2) is 8.13. The number of carbonyl (C=O) groups is 2. The lowest BCUT2D eigenvalue weighted by molar-refractivity contribution is -0.125. The normalized spacial score (nSPS) is 15.4. The minimum Gasteiger partial charge on any atom is -0.481 e. The molecule has 0 aliphatic carbocycles. The quantitative estimate of drug-likeness (QED) is 0.643. The third-order valence-corrected chi connectivity index (χ3v) is 4.94. The SMILES string of the molecule is O=C(COc1cccc2cccnc12)N/N=C1/SCC(=O)N1Cc1ccco1. The number of rotatable bonds is 6. The number of benzene rings is 1. The summed E-state index contributed by atoms with van der Waals surface area (Å²) in [6, 6.07) is 12.8. The van der Waals surface area contributed by atoms with Crippen LogP contribution in [-0.2, 0) is 16.1 Å². The number of hydrogen-bond donors (Lipinski definition) is 1. The molecule has 2 amide bonds. The van der Waals surface area contributed by atoms with Gasteiger partial charge in [0.15, 0.2) is 11.8 Å². The van der Waals surface area contributed by atoms with E-state index in [0.717, 1.165) is 5.39 Å². The summed E-state index contributed by atoms with van der Waals surface area (Å²) in [7, 11) is 0. The van der Waals surface area contributed by atoms with Crippen LogP contribution in [0.1, 0.15) is 5.76 Å². The first-order chi connectivity index (χ1) is 13.7. The number of ether oxygens (including phenoxy) is 1. The maximum absolute atomic E-state index is 12.1. The van der Waals surface area contributed by atoms with Gasteiger partial charge in [-0.15, -0.1) is 5.10 Å². The predicted molar refractivity (Wildman–Crippen MR) is 105 cm³/mol. The molecule has 0 spiro atoms. The molecule has 0 saturated carbocycles. The highest BCUT2D eigenvalue weighted by Gasteiger charge is 2.29. The summed E-state index contributed by atoms with van der Waals surface area (Å²) in [6.45, 7) is 0.0506. The van der Waals surface area contributed by atoms with Crippen molar-refractivity contribution in [1.82, 2.24) is 15.3 Å². The first-order valence-electron chi connectivity index (χ1n) is 8.49. The van der Waals surface area contributed by atoms with Gasteiger partial charge in [0, 0.05) is 11.6 Å². The summed E-state index contributed by atoms with van der Waals surface area (Å²) in [4.78, 5) is 29.9. The fourth-order valence-corrected chi connectivity index (χ4v) is 3.51. The largest absolute Gasteiger partial charge is 0.481 e. The molecule has 28 heavy (non-hydrogen) atoms. The summed E-state index contributed by atoms with van der Waals surface area (Å²) in [5.74, 6) is 0.909. The lowest BCUT2D eigenvalue weighted by Gasteiger charge is -2.14. The Balaban J connectivity index is 1.37. The number of thioether (sulfide) groups is 1. The molecule has 3 aromatic rings. The second-order valence-corrected chi connectivity index (χ2v) is 6.84. The van der Waals surface area contributed by atoms with Crippen molar-refractivity contribution in [2.75, 3.05) is 12.4 Å². The Kier molecular flexibility index (Phi) is 5.24. The maximum atomic E-state index is 12.1. The van der Waals surface area contributed by atoms with Crippen LogP contribution in [0.5, 0.6) is 5.75 Å². The van der Waals surface area contributed by atoms with E-state index in [1.807, 2.05) is 24.3 Å². The monoisotopic (exact) mass is 396 g/mol. The Morgan fingerprint density at radius 2 is 2.18 bits per heavy atom. The van der Waals surface area contributed by atoms with Crippen molar-refractivity contribution >= 4 is 39.6 Å². The molecule has 0 radical (unpaired) electrons. The van der Waals surface area contributed by atoms with Crippen LogP contribution in [0.15, 0.2) is 64.4 Å². The fourth-order valence-electron chi connectivity index (χ4n) is 2.67. The van der Waals surface area contributed by atoms with Gasteiger partial charge in [-0.05, 0) is 24.3 Å². The number of carbonyl (C=O) groups excluding carboxylic acids is 2. The molecular weight excluding hydrogens is 380 g/mol. The molecule has 8 nitrogen and oxygen atoms in total. The van der Waals surface area contributed by atoms with E-state index in [-0.39, 0.29) is 24.8 Å². The van der Waals surface area contributed by atoms with E-state index >= 15 is 0 Å². The highest BCUT2D eigenvalue weighted by atomic mass is 32.2. The number of pyridine rings is 1. The van der Waals surface area contributed by atoms with Crippen molar-refractivity contribution in [3.8, 4) is 5.75 Å². The van der Waals surface area contributed by atoms with E-state index in [1.165, 1.54) is 16.7 Å². The van der Waals surface area contributed by atoms with Gasteiger partial charge in [-0.2, -0.15) is 0 Å². The first-order valence-corrected chi connectivity index (χ1v) is 9.48. The van der Waals surface area contributed by atoms with Crippen molar-refractivity contribution in [2.45, 2.75) is 6.54 Å². The van der Waals surface area contributed by atoms with E-state index in [0.29, 0.717) is 22.2 Å². The average molecular weight is 396 g/mol. The lowest BCUT2D eigenvalue weighted by Crippen LogP contribution is -2.32. The Hall–Kier alpha value is -3.33. The Bertz CT molecular complexity index is 1030. The number of hydrazone groups is 1. The van der Waals surface area contributed by atoms with Gasteiger partial charge >= 0.3 is 0 Å². The topological polar surface area (TPSA) is 97.0 Å². The van der Waals surface area contributed by atoms with Crippen LogP contribution in [0.2, 0.25) is 0 Å². The van der Waals surface area contributed by atoms with Crippen LogP contribution >= 0.6 is 11.8 Å². The number of fused-ring (bicyclic) bond motifs is 1. The van der Waals surface area contributed by atoms with Crippen LogP contribution in [0.4, 0.5) is 0 Å². The molecule has 2 aromatic heterocycles. The number of nitrogens with one attached hydrogen (secondary N) is 1. The summed E-state index contributed by atoms with van der Waals surface area (Å²) in [5.41, 5.74) is 3.12. The molecule has 0 unspecified atom stereocenters. The number of amidine groups is 1. The van der Waals surface area contributed by atoms with Crippen LogP contribution in [-0.4, -0.2) is 39.2 Å². The zero-order valence-electron chi connectivity index (χ0n) is 14.7. The summed E-state index contributed by atoms with van der Waals surface area (Å²) in [5, 5.41) is 5.40. The molecule has 9 heteroatoms. The number of hydrogen-bond acceptors (Lipinski definition) is 7. The van der Waals surface area contributed by atoms with Gasteiger partial charge in [0.25, 0.3) is 5.91 Å². The van der Waals surface area contributed by atoms with E-state index in [1.54, 1.807) is 30.7 Å². The number of para-hydroxylation sites is 1. The Morgan fingerprint density at radius 1 is 1.29 bits per heavy atom. The standard InChI is InChI=1S/C19H16N4O4S/c24-16(11-27-15-7-1-4-13-5-2-8-20-18(13)15)21-22-19-23(17(25)12-28-19)10-14-6-3-9-26-14/h1-9H,10-12H2,(H,21,24)/b22-19+. The highest BCUT2D eigenvalue weighted by Crippen LogP contribution is 2.23. The van der Waals surface area contributed by atoms with E-state index in [2.05, 4.69) is 15.5 Å². The van der Waals surface area contributed by atoms with Crippen molar-refractivity contribution in [3.63, 3.8) is 0 Å². The molecule has 1 aromatic carbocycles. The van der Waals surface area contributed by atoms with Gasteiger partial charge in [0.2, 0.25) is 5.91 Å².